The highest BCUT2D eigenvalue weighted by molar-refractivity contribution is 5.87. The molecule has 5 heteroatoms. The summed E-state index contributed by atoms with van der Waals surface area (Å²) >= 11 is 0. The van der Waals surface area contributed by atoms with Crippen LogP contribution in [-0.2, 0) is 16.1 Å². The van der Waals surface area contributed by atoms with Crippen molar-refractivity contribution in [1.82, 2.24) is 10.2 Å². The number of hydrogen-bond acceptors (Lipinski definition) is 3. The Hall–Kier alpha value is -2.30. The maximum Gasteiger partial charge on any atom is 0.245 e. The summed E-state index contributed by atoms with van der Waals surface area (Å²) in [5.74, 6) is 0.781. The Kier molecular flexibility index (Phi) is 6.20. The lowest BCUT2D eigenvalue weighted by Crippen LogP contribution is -2.42. The van der Waals surface area contributed by atoms with Crippen LogP contribution in [0, 0.1) is 5.92 Å². The molecule has 2 amide bonds. The molecule has 0 unspecified atom stereocenters. The summed E-state index contributed by atoms with van der Waals surface area (Å²) in [7, 11) is 0. The van der Waals surface area contributed by atoms with Gasteiger partial charge in [-0.2, -0.15) is 0 Å². The fraction of sp³-hybridized carbons (Fsp3) is 0.444. The Bertz CT molecular complexity index is 563. The molecule has 0 aromatic heterocycles. The van der Waals surface area contributed by atoms with E-state index in [1.165, 1.54) is 6.08 Å². The average Bonchev–Trinajstić information content (AvgIpc) is 2.60. The molecule has 1 aromatic rings. The van der Waals surface area contributed by atoms with Gasteiger partial charge >= 0.3 is 0 Å². The number of carbonyl (C=O) groups excluding carboxylic acids is 2. The largest absolute Gasteiger partial charge is 0.494 e. The number of nitrogens with one attached hydrogen (secondary N) is 1. The van der Waals surface area contributed by atoms with E-state index in [0.29, 0.717) is 39.1 Å². The molecule has 2 rings (SSSR count). The standard InChI is InChI=1S/C18H24N2O3/c1-3-17(21)20-10-8-15(9-11-20)18(22)19-13-14-6-5-7-16(12-14)23-4-2/h3,5-7,12,15H,1,4,8-11,13H2,2H3,(H,19,22). The summed E-state index contributed by atoms with van der Waals surface area (Å²) in [5, 5.41) is 2.98. The first-order valence-electron chi connectivity index (χ1n) is 8.04. The first-order chi connectivity index (χ1) is 11.1. The van der Waals surface area contributed by atoms with Crippen LogP contribution in [-0.4, -0.2) is 36.4 Å². The maximum absolute atomic E-state index is 12.3. The van der Waals surface area contributed by atoms with Crippen LogP contribution in [0.3, 0.4) is 0 Å². The van der Waals surface area contributed by atoms with Crippen molar-refractivity contribution in [2.75, 3.05) is 19.7 Å². The van der Waals surface area contributed by atoms with Crippen molar-refractivity contribution >= 4 is 11.8 Å². The van der Waals surface area contributed by atoms with Crippen LogP contribution in [0.4, 0.5) is 0 Å². The van der Waals surface area contributed by atoms with Crippen LogP contribution in [0.2, 0.25) is 0 Å². The predicted octanol–water partition coefficient (Wildman–Crippen LogP) is 2.13. The van der Waals surface area contributed by atoms with E-state index >= 15 is 0 Å². The van der Waals surface area contributed by atoms with Crippen molar-refractivity contribution < 1.29 is 14.3 Å². The number of amides is 2. The third kappa shape index (κ3) is 4.84. The highest BCUT2D eigenvalue weighted by Crippen LogP contribution is 2.18. The van der Waals surface area contributed by atoms with E-state index in [0.717, 1.165) is 11.3 Å². The number of nitrogens with zero attached hydrogens (tertiary/aromatic N) is 1. The lowest BCUT2D eigenvalue weighted by Gasteiger charge is -2.30. The smallest absolute Gasteiger partial charge is 0.245 e. The second kappa shape index (κ2) is 8.36. The fourth-order valence-electron chi connectivity index (χ4n) is 2.74. The molecule has 0 radical (unpaired) electrons. The molecule has 0 atom stereocenters. The van der Waals surface area contributed by atoms with Crippen molar-refractivity contribution in [2.24, 2.45) is 5.92 Å². The van der Waals surface area contributed by atoms with E-state index in [2.05, 4.69) is 11.9 Å². The maximum atomic E-state index is 12.3. The van der Waals surface area contributed by atoms with Gasteiger partial charge in [0.25, 0.3) is 0 Å². The van der Waals surface area contributed by atoms with Gasteiger partial charge in [-0.3, -0.25) is 9.59 Å². The van der Waals surface area contributed by atoms with Gasteiger partial charge in [0.2, 0.25) is 11.8 Å². The molecular weight excluding hydrogens is 292 g/mol. The van der Waals surface area contributed by atoms with Gasteiger partial charge in [0, 0.05) is 25.6 Å². The monoisotopic (exact) mass is 316 g/mol. The minimum absolute atomic E-state index is 0.0288. The number of rotatable bonds is 6. The van der Waals surface area contributed by atoms with E-state index in [1.54, 1.807) is 4.90 Å². The molecule has 23 heavy (non-hydrogen) atoms. The van der Waals surface area contributed by atoms with Gasteiger partial charge in [0.1, 0.15) is 5.75 Å². The Balaban J connectivity index is 1.80. The normalized spacial score (nSPS) is 15.1. The van der Waals surface area contributed by atoms with Crippen molar-refractivity contribution in [1.29, 1.82) is 0 Å². The second-order valence-electron chi connectivity index (χ2n) is 5.60. The van der Waals surface area contributed by atoms with Crippen molar-refractivity contribution in [2.45, 2.75) is 26.3 Å². The Morgan fingerprint density at radius 3 is 2.78 bits per heavy atom. The van der Waals surface area contributed by atoms with E-state index < -0.39 is 0 Å². The number of hydrogen-bond donors (Lipinski definition) is 1. The van der Waals surface area contributed by atoms with E-state index in [4.69, 9.17) is 4.74 Å². The molecule has 124 valence electrons. The predicted molar refractivity (Wildman–Crippen MR) is 89.0 cm³/mol. The lowest BCUT2D eigenvalue weighted by atomic mass is 9.95. The van der Waals surface area contributed by atoms with E-state index in [-0.39, 0.29) is 17.7 Å². The summed E-state index contributed by atoms with van der Waals surface area (Å²) in [6.07, 6.45) is 2.72. The first-order valence-corrected chi connectivity index (χ1v) is 8.04. The van der Waals surface area contributed by atoms with Crippen molar-refractivity contribution in [3.63, 3.8) is 0 Å². The molecule has 0 saturated carbocycles. The van der Waals surface area contributed by atoms with Crippen molar-refractivity contribution in [3.05, 3.63) is 42.5 Å². The molecule has 0 spiro atoms. The minimum Gasteiger partial charge on any atom is -0.494 e. The summed E-state index contributed by atoms with van der Waals surface area (Å²) < 4.78 is 5.46. The molecule has 1 saturated heterocycles. The molecule has 1 fully saturated rings. The summed E-state index contributed by atoms with van der Waals surface area (Å²) in [5.41, 5.74) is 1.02. The van der Waals surface area contributed by atoms with E-state index in [1.807, 2.05) is 31.2 Å². The highest BCUT2D eigenvalue weighted by atomic mass is 16.5. The third-order valence-corrected chi connectivity index (χ3v) is 4.03. The second-order valence-corrected chi connectivity index (χ2v) is 5.60. The molecule has 0 bridgehead atoms. The van der Waals surface area contributed by atoms with Crippen LogP contribution in [0.15, 0.2) is 36.9 Å². The van der Waals surface area contributed by atoms with Gasteiger partial charge < -0.3 is 15.0 Å². The third-order valence-electron chi connectivity index (χ3n) is 4.03. The van der Waals surface area contributed by atoms with Gasteiger partial charge in [-0.15, -0.1) is 0 Å². The number of benzene rings is 1. The number of carbonyl (C=O) groups is 2. The van der Waals surface area contributed by atoms with Gasteiger partial charge in [0.15, 0.2) is 0 Å². The Labute approximate surface area is 137 Å². The first kappa shape index (κ1) is 17.1. The molecular formula is C18H24N2O3. The fourth-order valence-corrected chi connectivity index (χ4v) is 2.74. The van der Waals surface area contributed by atoms with Crippen LogP contribution in [0.1, 0.15) is 25.3 Å². The quantitative estimate of drug-likeness (QED) is 0.818. The van der Waals surface area contributed by atoms with Crippen LogP contribution in [0.5, 0.6) is 5.75 Å². The Morgan fingerprint density at radius 2 is 2.13 bits per heavy atom. The molecule has 0 aliphatic carbocycles. The molecule has 1 aliphatic rings. The summed E-state index contributed by atoms with van der Waals surface area (Å²) in [6.45, 7) is 7.78. The van der Waals surface area contributed by atoms with Crippen LogP contribution in [0.25, 0.3) is 0 Å². The number of likely N-dealkylation sites (tertiary alicyclic amines) is 1. The number of piperidine rings is 1. The molecule has 5 nitrogen and oxygen atoms in total. The van der Waals surface area contributed by atoms with Gasteiger partial charge in [-0.25, -0.2) is 0 Å². The van der Waals surface area contributed by atoms with Crippen molar-refractivity contribution in [3.8, 4) is 5.75 Å². The molecule has 1 heterocycles. The SMILES string of the molecule is C=CC(=O)N1CCC(C(=O)NCc2cccc(OCC)c2)CC1. The molecule has 1 N–H and O–H groups in total. The highest BCUT2D eigenvalue weighted by Gasteiger charge is 2.26. The van der Waals surface area contributed by atoms with E-state index in [9.17, 15) is 9.59 Å². The zero-order valence-corrected chi connectivity index (χ0v) is 13.6. The van der Waals surface area contributed by atoms with Crippen LogP contribution < -0.4 is 10.1 Å². The topological polar surface area (TPSA) is 58.6 Å². The Morgan fingerprint density at radius 1 is 1.39 bits per heavy atom. The zero-order chi connectivity index (χ0) is 16.7. The summed E-state index contributed by atoms with van der Waals surface area (Å²) in [4.78, 5) is 25.5. The minimum atomic E-state index is -0.0587. The van der Waals surface area contributed by atoms with Gasteiger partial charge in [-0.05, 0) is 43.5 Å². The average molecular weight is 316 g/mol. The number of ether oxygens (including phenoxy) is 1. The van der Waals surface area contributed by atoms with Gasteiger partial charge in [-0.1, -0.05) is 18.7 Å². The lowest BCUT2D eigenvalue weighted by molar-refractivity contribution is -0.132. The molecule has 1 aromatic carbocycles. The van der Waals surface area contributed by atoms with Gasteiger partial charge in [0.05, 0.1) is 6.61 Å². The zero-order valence-electron chi connectivity index (χ0n) is 13.6. The summed E-state index contributed by atoms with van der Waals surface area (Å²) in [6, 6.07) is 7.73. The molecule has 1 aliphatic heterocycles. The van der Waals surface area contributed by atoms with Crippen LogP contribution >= 0.6 is 0 Å².